The highest BCUT2D eigenvalue weighted by atomic mass is 32.2. The highest BCUT2D eigenvalue weighted by Gasteiger charge is 2.38. The van der Waals surface area contributed by atoms with Crippen LogP contribution in [-0.2, 0) is 10.0 Å². The van der Waals surface area contributed by atoms with Crippen LogP contribution >= 0.6 is 0 Å². The van der Waals surface area contributed by atoms with Gasteiger partial charge in [-0.2, -0.15) is 22.6 Å². The summed E-state index contributed by atoms with van der Waals surface area (Å²) in [6.45, 7) is 1.80. The van der Waals surface area contributed by atoms with Crippen LogP contribution in [0.25, 0.3) is 16.6 Å². The summed E-state index contributed by atoms with van der Waals surface area (Å²) in [6, 6.07) is 12.0. The Morgan fingerprint density at radius 1 is 1.05 bits per heavy atom. The number of benzene rings is 2. The Labute approximate surface area is 217 Å². The smallest absolute Gasteiger partial charge is 0.293 e. The quantitative estimate of drug-likeness (QED) is 0.322. The van der Waals surface area contributed by atoms with Crippen molar-refractivity contribution < 1.29 is 26.0 Å². The summed E-state index contributed by atoms with van der Waals surface area (Å²) in [7, 11) is -3.89. The van der Waals surface area contributed by atoms with E-state index >= 15 is 0 Å². The maximum atomic E-state index is 13.4. The third-order valence-corrected chi connectivity index (χ3v) is 8.64. The number of hydrogen-bond donors (Lipinski definition) is 0. The van der Waals surface area contributed by atoms with E-state index in [1.165, 1.54) is 41.0 Å². The number of aryl methyl sites for hydroxylation is 1. The standard InChI is InChI=1S/C26H25F4N5O2S/c1-18-13-24-19(15-32-35(24)21-6-4-20(27)5-7-21)14-23(18)25-17-34(12-11-33(25)10-8-26(28,29)30)38(36,37)22-3-2-9-31-16-22/h2-7,9,13-16,25H,8,10-12,17H2,1H3/t25-/m0/s1. The lowest BCUT2D eigenvalue weighted by Crippen LogP contribution is -2.51. The molecule has 12 heteroatoms. The molecule has 3 heterocycles. The van der Waals surface area contributed by atoms with Gasteiger partial charge in [0, 0.05) is 50.0 Å². The molecule has 0 aliphatic carbocycles. The predicted molar refractivity (Wildman–Crippen MR) is 134 cm³/mol. The molecule has 1 atom stereocenters. The number of pyridine rings is 1. The Balaban J connectivity index is 1.52. The molecule has 0 unspecified atom stereocenters. The zero-order valence-corrected chi connectivity index (χ0v) is 21.3. The van der Waals surface area contributed by atoms with E-state index in [9.17, 15) is 26.0 Å². The Bertz CT molecular complexity index is 1540. The van der Waals surface area contributed by atoms with Gasteiger partial charge in [0.1, 0.15) is 10.7 Å². The van der Waals surface area contributed by atoms with Gasteiger partial charge >= 0.3 is 6.18 Å². The van der Waals surface area contributed by atoms with Crippen LogP contribution in [-0.4, -0.2) is 64.7 Å². The lowest BCUT2D eigenvalue weighted by molar-refractivity contribution is -0.140. The summed E-state index contributed by atoms with van der Waals surface area (Å²) >= 11 is 0. The second-order valence-electron chi connectivity index (χ2n) is 9.27. The maximum Gasteiger partial charge on any atom is 0.390 e. The Morgan fingerprint density at radius 2 is 1.82 bits per heavy atom. The van der Waals surface area contributed by atoms with Crippen LogP contribution in [0, 0.1) is 12.7 Å². The second kappa shape index (κ2) is 10.1. The van der Waals surface area contributed by atoms with E-state index in [1.54, 1.807) is 27.9 Å². The monoisotopic (exact) mass is 547 g/mol. The highest BCUT2D eigenvalue weighted by molar-refractivity contribution is 7.89. The van der Waals surface area contributed by atoms with Crippen LogP contribution in [0.4, 0.5) is 17.6 Å². The first-order valence-electron chi connectivity index (χ1n) is 12.0. The lowest BCUT2D eigenvalue weighted by Gasteiger charge is -2.41. The minimum Gasteiger partial charge on any atom is -0.293 e. The zero-order valence-electron chi connectivity index (χ0n) is 20.4. The van der Waals surface area contributed by atoms with Crippen molar-refractivity contribution in [3.8, 4) is 5.69 Å². The summed E-state index contributed by atoms with van der Waals surface area (Å²) < 4.78 is 82.4. The van der Waals surface area contributed by atoms with Crippen LogP contribution in [0.5, 0.6) is 0 Å². The van der Waals surface area contributed by atoms with Gasteiger partial charge in [0.05, 0.1) is 23.8 Å². The van der Waals surface area contributed by atoms with E-state index < -0.39 is 28.7 Å². The summed E-state index contributed by atoms with van der Waals surface area (Å²) in [5, 5.41) is 5.16. The molecule has 4 aromatic rings. The highest BCUT2D eigenvalue weighted by Crippen LogP contribution is 2.34. The van der Waals surface area contributed by atoms with Gasteiger partial charge in [-0.3, -0.25) is 9.88 Å². The Hall–Kier alpha value is -3.35. The predicted octanol–water partition coefficient (Wildman–Crippen LogP) is 4.87. The van der Waals surface area contributed by atoms with Crippen molar-refractivity contribution in [2.45, 2.75) is 30.5 Å². The number of rotatable bonds is 6. The van der Waals surface area contributed by atoms with E-state index in [1.807, 2.05) is 19.1 Å². The second-order valence-corrected chi connectivity index (χ2v) is 11.2. The van der Waals surface area contributed by atoms with Crippen molar-refractivity contribution in [3.05, 3.63) is 84.1 Å². The largest absolute Gasteiger partial charge is 0.390 e. The molecule has 0 bridgehead atoms. The minimum absolute atomic E-state index is 0.00642. The van der Waals surface area contributed by atoms with Gasteiger partial charge in [0.2, 0.25) is 10.0 Å². The molecule has 1 aliphatic heterocycles. The van der Waals surface area contributed by atoms with Crippen LogP contribution in [0.1, 0.15) is 23.6 Å². The first-order chi connectivity index (χ1) is 18.0. The first-order valence-corrected chi connectivity index (χ1v) is 13.4. The SMILES string of the molecule is Cc1cc2c(cnn2-c2ccc(F)cc2)cc1[C@@H]1CN(S(=O)(=O)c2cccnc2)CCN1CCC(F)(F)F. The maximum absolute atomic E-state index is 13.4. The molecule has 7 nitrogen and oxygen atoms in total. The van der Waals surface area contributed by atoms with Gasteiger partial charge in [0.25, 0.3) is 0 Å². The zero-order chi connectivity index (χ0) is 27.1. The van der Waals surface area contributed by atoms with Crippen molar-refractivity contribution in [1.82, 2.24) is 24.0 Å². The molecule has 1 saturated heterocycles. The average molecular weight is 548 g/mol. The van der Waals surface area contributed by atoms with E-state index in [0.29, 0.717) is 5.69 Å². The first kappa shape index (κ1) is 26.3. The van der Waals surface area contributed by atoms with Crippen molar-refractivity contribution >= 4 is 20.9 Å². The number of halogens is 4. The molecule has 1 fully saturated rings. The third-order valence-electron chi connectivity index (χ3n) is 6.79. The van der Waals surface area contributed by atoms with Crippen molar-refractivity contribution in [1.29, 1.82) is 0 Å². The molecule has 0 amide bonds. The normalized spacial score (nSPS) is 17.8. The van der Waals surface area contributed by atoms with Gasteiger partial charge in [-0.15, -0.1) is 0 Å². The van der Waals surface area contributed by atoms with Gasteiger partial charge < -0.3 is 0 Å². The number of piperazine rings is 1. The molecule has 0 N–H and O–H groups in total. The topological polar surface area (TPSA) is 71.3 Å². The van der Waals surface area contributed by atoms with Crippen molar-refractivity contribution in [3.63, 3.8) is 0 Å². The fraction of sp³-hybridized carbons (Fsp3) is 0.308. The van der Waals surface area contributed by atoms with Crippen LogP contribution in [0.15, 0.2) is 72.0 Å². The molecule has 2 aromatic carbocycles. The molecule has 38 heavy (non-hydrogen) atoms. The fourth-order valence-electron chi connectivity index (χ4n) is 4.84. The van der Waals surface area contributed by atoms with E-state index in [2.05, 4.69) is 10.1 Å². The molecule has 200 valence electrons. The number of nitrogens with zero attached hydrogens (tertiary/aromatic N) is 5. The van der Waals surface area contributed by atoms with E-state index in [0.717, 1.165) is 22.0 Å². The number of fused-ring (bicyclic) bond motifs is 1. The minimum atomic E-state index is -4.33. The van der Waals surface area contributed by atoms with Gasteiger partial charge in [-0.25, -0.2) is 17.5 Å². The van der Waals surface area contributed by atoms with Gasteiger partial charge in [-0.05, 0) is 66.6 Å². The fourth-order valence-corrected chi connectivity index (χ4v) is 6.24. The molecular formula is C26H25F4N5O2S. The van der Waals surface area contributed by atoms with Crippen LogP contribution < -0.4 is 0 Å². The summed E-state index contributed by atoms with van der Waals surface area (Å²) in [4.78, 5) is 5.64. The van der Waals surface area contributed by atoms with Gasteiger partial charge in [0.15, 0.2) is 0 Å². The Kier molecular flexibility index (Phi) is 6.97. The molecule has 5 rings (SSSR count). The van der Waals surface area contributed by atoms with Gasteiger partial charge in [-0.1, -0.05) is 0 Å². The molecule has 1 aliphatic rings. The Morgan fingerprint density at radius 3 is 2.50 bits per heavy atom. The lowest BCUT2D eigenvalue weighted by atomic mass is 9.96. The number of hydrogen-bond acceptors (Lipinski definition) is 5. The molecular weight excluding hydrogens is 522 g/mol. The van der Waals surface area contributed by atoms with Crippen molar-refractivity contribution in [2.24, 2.45) is 0 Å². The molecule has 0 radical (unpaired) electrons. The molecule has 0 spiro atoms. The summed E-state index contributed by atoms with van der Waals surface area (Å²) in [6.07, 6.45) is -0.959. The average Bonchev–Trinajstić information content (AvgIpc) is 3.30. The number of aromatic nitrogens is 3. The molecule has 2 aromatic heterocycles. The van der Waals surface area contributed by atoms with Crippen LogP contribution in [0.3, 0.4) is 0 Å². The van der Waals surface area contributed by atoms with E-state index in [-0.39, 0.29) is 36.9 Å². The molecule has 0 saturated carbocycles. The van der Waals surface area contributed by atoms with Crippen molar-refractivity contribution in [2.75, 3.05) is 26.2 Å². The van der Waals surface area contributed by atoms with Crippen LogP contribution in [0.2, 0.25) is 0 Å². The number of sulfonamides is 1. The summed E-state index contributed by atoms with van der Waals surface area (Å²) in [5.74, 6) is -0.370. The third kappa shape index (κ3) is 5.29. The number of alkyl halides is 3. The van der Waals surface area contributed by atoms with E-state index in [4.69, 9.17) is 0 Å². The summed E-state index contributed by atoms with van der Waals surface area (Å²) in [5.41, 5.74) is 2.91.